The van der Waals surface area contributed by atoms with Gasteiger partial charge in [-0.3, -0.25) is 14.9 Å². The third-order valence-electron chi connectivity index (χ3n) is 6.05. The Morgan fingerprint density at radius 2 is 1.63 bits per heavy atom. The van der Waals surface area contributed by atoms with E-state index in [1.54, 1.807) is 6.92 Å². The number of carbonyl (C=O) groups excluding carboxylic acids is 2. The molecular weight excluding hydrogens is 451 g/mol. The van der Waals surface area contributed by atoms with Gasteiger partial charge < -0.3 is 15.2 Å². The minimum atomic E-state index is -1.06. The normalized spacial score (nSPS) is 12.9. The number of aliphatic carboxylic acids is 1. The van der Waals surface area contributed by atoms with Crippen LogP contribution in [0.15, 0.2) is 66.7 Å². The van der Waals surface area contributed by atoms with E-state index >= 15 is 0 Å². The molecule has 0 aromatic heterocycles. The molecule has 1 aliphatic carbocycles. The largest absolute Gasteiger partial charge is 0.481 e. The van der Waals surface area contributed by atoms with Crippen molar-refractivity contribution in [2.45, 2.75) is 31.7 Å². The fourth-order valence-corrected chi connectivity index (χ4v) is 4.30. The molecule has 2 amide bonds. The van der Waals surface area contributed by atoms with Gasteiger partial charge in [-0.05, 0) is 46.9 Å². The molecule has 1 unspecified atom stereocenters. The topological polar surface area (TPSA) is 105 Å². The molecule has 0 radical (unpaired) electrons. The Hall–Kier alpha value is -4.20. The van der Waals surface area contributed by atoms with Gasteiger partial charge in [-0.1, -0.05) is 55.5 Å². The summed E-state index contributed by atoms with van der Waals surface area (Å²) >= 11 is 0. The van der Waals surface area contributed by atoms with Crippen molar-refractivity contribution in [2.75, 3.05) is 11.9 Å². The number of hydrogen-bond acceptors (Lipinski definition) is 4. The Morgan fingerprint density at radius 3 is 2.20 bits per heavy atom. The molecule has 3 aromatic carbocycles. The first-order valence-electron chi connectivity index (χ1n) is 11.3. The third kappa shape index (κ3) is 5.32. The van der Waals surface area contributed by atoms with Gasteiger partial charge in [0.25, 0.3) is 5.91 Å². The zero-order valence-electron chi connectivity index (χ0n) is 19.1. The molecule has 35 heavy (non-hydrogen) atoms. The second-order valence-corrected chi connectivity index (χ2v) is 8.32. The third-order valence-corrected chi connectivity index (χ3v) is 6.05. The zero-order valence-corrected chi connectivity index (χ0v) is 19.1. The van der Waals surface area contributed by atoms with E-state index in [1.807, 2.05) is 48.5 Å². The molecule has 8 heteroatoms. The molecule has 1 aliphatic rings. The lowest BCUT2D eigenvalue weighted by Gasteiger charge is -2.16. The number of ether oxygens (including phenoxy) is 1. The Morgan fingerprint density at radius 1 is 1.00 bits per heavy atom. The molecule has 0 heterocycles. The maximum atomic E-state index is 14.6. The SMILES string of the molecule is CCC(CC(=O)O)NC(=O)c1ccc(NC(=O)OCC2c3ccccc3-c3ccccc32)cc1F. The van der Waals surface area contributed by atoms with Crippen molar-refractivity contribution in [3.8, 4) is 11.1 Å². The predicted octanol–water partition coefficient (Wildman–Crippen LogP) is 5.17. The lowest BCUT2D eigenvalue weighted by atomic mass is 9.98. The summed E-state index contributed by atoms with van der Waals surface area (Å²) in [5.41, 5.74) is 4.27. The number of carboxylic acids is 1. The van der Waals surface area contributed by atoms with Crippen LogP contribution < -0.4 is 10.6 Å². The van der Waals surface area contributed by atoms with Gasteiger partial charge >= 0.3 is 12.1 Å². The summed E-state index contributed by atoms with van der Waals surface area (Å²) in [6, 6.07) is 19.0. The monoisotopic (exact) mass is 476 g/mol. The smallest absolute Gasteiger partial charge is 0.411 e. The molecule has 0 saturated carbocycles. The van der Waals surface area contributed by atoms with Crippen molar-refractivity contribution in [3.63, 3.8) is 0 Å². The molecule has 0 saturated heterocycles. The average molecular weight is 477 g/mol. The highest BCUT2D eigenvalue weighted by molar-refractivity contribution is 5.96. The molecular formula is C27H25FN2O5. The number of amides is 2. The van der Waals surface area contributed by atoms with Crippen LogP contribution in [0.5, 0.6) is 0 Å². The molecule has 3 N–H and O–H groups in total. The van der Waals surface area contributed by atoms with Crippen molar-refractivity contribution >= 4 is 23.7 Å². The minimum Gasteiger partial charge on any atom is -0.481 e. The van der Waals surface area contributed by atoms with Gasteiger partial charge in [0.15, 0.2) is 0 Å². The van der Waals surface area contributed by atoms with Crippen LogP contribution in [0, 0.1) is 5.82 Å². The van der Waals surface area contributed by atoms with E-state index in [0.717, 1.165) is 28.3 Å². The number of hydrogen-bond donors (Lipinski definition) is 3. The minimum absolute atomic E-state index is 0.103. The van der Waals surface area contributed by atoms with Crippen molar-refractivity contribution in [3.05, 3.63) is 89.2 Å². The van der Waals surface area contributed by atoms with Crippen LogP contribution in [0.2, 0.25) is 0 Å². The predicted molar refractivity (Wildman–Crippen MR) is 129 cm³/mol. The number of benzene rings is 3. The summed E-state index contributed by atoms with van der Waals surface area (Å²) in [5, 5.41) is 13.9. The summed E-state index contributed by atoms with van der Waals surface area (Å²) in [6.45, 7) is 1.84. The van der Waals surface area contributed by atoms with Gasteiger partial charge in [0.05, 0.1) is 12.0 Å². The number of halogens is 1. The highest BCUT2D eigenvalue weighted by Crippen LogP contribution is 2.44. The summed E-state index contributed by atoms with van der Waals surface area (Å²) in [5.74, 6) is -2.72. The van der Waals surface area contributed by atoms with Gasteiger partial charge in [-0.25, -0.2) is 9.18 Å². The van der Waals surface area contributed by atoms with Gasteiger partial charge in [0.1, 0.15) is 12.4 Å². The maximum Gasteiger partial charge on any atom is 0.411 e. The van der Waals surface area contributed by atoms with Crippen LogP contribution in [-0.4, -0.2) is 35.7 Å². The lowest BCUT2D eigenvalue weighted by molar-refractivity contribution is -0.137. The molecule has 4 rings (SSSR count). The van der Waals surface area contributed by atoms with E-state index in [0.29, 0.717) is 6.42 Å². The van der Waals surface area contributed by atoms with Gasteiger partial charge in [-0.15, -0.1) is 0 Å². The lowest BCUT2D eigenvalue weighted by Crippen LogP contribution is -2.36. The van der Waals surface area contributed by atoms with E-state index in [-0.39, 0.29) is 30.2 Å². The standard InChI is InChI=1S/C27H25FN2O5/c1-2-16(14-25(31)32)29-26(33)22-12-11-17(13-24(22)28)30-27(34)35-15-23-20-9-5-3-7-18(20)19-8-4-6-10-21(19)23/h3-13,16,23H,2,14-15H2,1H3,(H,29,33)(H,30,34)(H,31,32). The summed E-state index contributed by atoms with van der Waals surface area (Å²) in [6.07, 6.45) is -0.609. The Balaban J connectivity index is 1.38. The highest BCUT2D eigenvalue weighted by atomic mass is 19.1. The second kappa shape index (κ2) is 10.4. The maximum absolute atomic E-state index is 14.6. The number of fused-ring (bicyclic) bond motifs is 3. The molecule has 0 bridgehead atoms. The van der Waals surface area contributed by atoms with Crippen molar-refractivity contribution in [2.24, 2.45) is 0 Å². The molecule has 7 nitrogen and oxygen atoms in total. The number of rotatable bonds is 8. The van der Waals surface area contributed by atoms with Gasteiger partial charge in [0, 0.05) is 17.6 Å². The highest BCUT2D eigenvalue weighted by Gasteiger charge is 2.29. The number of nitrogens with one attached hydrogen (secondary N) is 2. The van der Waals surface area contributed by atoms with Crippen LogP contribution in [0.1, 0.15) is 47.2 Å². The van der Waals surface area contributed by atoms with Gasteiger partial charge in [-0.2, -0.15) is 0 Å². The first kappa shape index (κ1) is 23.9. The Labute approximate surface area is 201 Å². The summed E-state index contributed by atoms with van der Waals surface area (Å²) in [7, 11) is 0. The molecule has 0 spiro atoms. The number of carboxylic acid groups (broad SMARTS) is 1. The van der Waals surface area contributed by atoms with E-state index in [4.69, 9.17) is 9.84 Å². The fourth-order valence-electron chi connectivity index (χ4n) is 4.30. The van der Waals surface area contributed by atoms with Crippen LogP contribution in [-0.2, 0) is 9.53 Å². The van der Waals surface area contributed by atoms with E-state index < -0.39 is 29.8 Å². The van der Waals surface area contributed by atoms with Crippen molar-refractivity contribution in [1.82, 2.24) is 5.32 Å². The molecule has 0 aliphatic heterocycles. The number of carbonyl (C=O) groups is 3. The fraction of sp³-hybridized carbons (Fsp3) is 0.222. The Kier molecular flexibility index (Phi) is 7.10. The van der Waals surface area contributed by atoms with E-state index in [9.17, 15) is 18.8 Å². The van der Waals surface area contributed by atoms with Crippen molar-refractivity contribution in [1.29, 1.82) is 0 Å². The first-order chi connectivity index (χ1) is 16.9. The molecule has 0 fully saturated rings. The average Bonchev–Trinajstić information content (AvgIpc) is 3.15. The van der Waals surface area contributed by atoms with Gasteiger partial charge in [0.2, 0.25) is 0 Å². The Bertz CT molecular complexity index is 1230. The molecule has 1 atom stereocenters. The van der Waals surface area contributed by atoms with Crippen LogP contribution >= 0.6 is 0 Å². The van der Waals surface area contributed by atoms with Crippen LogP contribution in [0.3, 0.4) is 0 Å². The zero-order chi connectivity index (χ0) is 24.9. The summed E-state index contributed by atoms with van der Waals surface area (Å²) < 4.78 is 20.0. The molecule has 3 aromatic rings. The van der Waals surface area contributed by atoms with E-state index in [2.05, 4.69) is 10.6 Å². The van der Waals surface area contributed by atoms with Crippen molar-refractivity contribution < 1.29 is 28.6 Å². The summed E-state index contributed by atoms with van der Waals surface area (Å²) in [4.78, 5) is 35.6. The van der Waals surface area contributed by atoms with Crippen LogP contribution in [0.4, 0.5) is 14.9 Å². The quantitative estimate of drug-likeness (QED) is 0.416. The first-order valence-corrected chi connectivity index (χ1v) is 11.3. The number of anilines is 1. The van der Waals surface area contributed by atoms with E-state index in [1.165, 1.54) is 12.1 Å². The second-order valence-electron chi connectivity index (χ2n) is 8.32. The van der Waals surface area contributed by atoms with Crippen LogP contribution in [0.25, 0.3) is 11.1 Å². The molecule has 180 valence electrons.